The summed E-state index contributed by atoms with van der Waals surface area (Å²) in [5.41, 5.74) is 2.39. The number of halogens is 5. The van der Waals surface area contributed by atoms with E-state index in [1.165, 1.54) is 0 Å². The summed E-state index contributed by atoms with van der Waals surface area (Å²) in [5, 5.41) is 0. The lowest BCUT2D eigenvalue weighted by Crippen LogP contribution is -2.15. The Morgan fingerprint density at radius 3 is 2.35 bits per heavy atom. The lowest BCUT2D eigenvalue weighted by molar-refractivity contribution is -0.138. The zero-order valence-corrected chi connectivity index (χ0v) is 8.68. The molecule has 3 nitrogen and oxygen atoms in total. The van der Waals surface area contributed by atoms with Crippen LogP contribution < -0.4 is 10.5 Å². The van der Waals surface area contributed by atoms with E-state index in [2.05, 4.69) is 9.72 Å². The van der Waals surface area contributed by atoms with Crippen LogP contribution in [0.2, 0.25) is 0 Å². The van der Waals surface area contributed by atoms with Gasteiger partial charge in [0.1, 0.15) is 0 Å². The summed E-state index contributed by atoms with van der Waals surface area (Å²) in [6.07, 6.45) is -7.89. The Hall–Kier alpha value is -1.44. The fourth-order valence-corrected chi connectivity index (χ4v) is 1.27. The molecule has 0 aliphatic rings. The Balaban J connectivity index is 3.45. The Kier molecular flexibility index (Phi) is 3.87. The van der Waals surface area contributed by atoms with Gasteiger partial charge in [0.25, 0.3) is 6.43 Å². The number of alkyl halides is 5. The average Bonchev–Trinajstić information content (AvgIpc) is 2.25. The highest BCUT2D eigenvalue weighted by Crippen LogP contribution is 2.37. The van der Waals surface area contributed by atoms with E-state index in [-0.39, 0.29) is 0 Å². The van der Waals surface area contributed by atoms with Gasteiger partial charge in [-0.25, -0.2) is 13.8 Å². The summed E-state index contributed by atoms with van der Waals surface area (Å²) < 4.78 is 67.1. The molecule has 0 atom stereocenters. The minimum atomic E-state index is -4.78. The van der Waals surface area contributed by atoms with E-state index in [9.17, 15) is 22.0 Å². The SMILES string of the molecule is COc1nc(CN)c(C(F)(F)F)cc1C(F)F. The lowest BCUT2D eigenvalue weighted by atomic mass is 10.1. The third-order valence-electron chi connectivity index (χ3n) is 2.02. The highest BCUT2D eigenvalue weighted by atomic mass is 19.4. The van der Waals surface area contributed by atoms with Crippen molar-refractivity contribution in [3.05, 3.63) is 22.9 Å². The number of aromatic nitrogens is 1. The zero-order valence-electron chi connectivity index (χ0n) is 8.68. The first-order valence-corrected chi connectivity index (χ1v) is 4.44. The van der Waals surface area contributed by atoms with E-state index >= 15 is 0 Å². The Labute approximate surface area is 93.4 Å². The summed E-state index contributed by atoms with van der Waals surface area (Å²) in [6.45, 7) is -0.519. The minimum absolute atomic E-state index is 0.318. The van der Waals surface area contributed by atoms with Crippen molar-refractivity contribution in [1.82, 2.24) is 4.98 Å². The third kappa shape index (κ3) is 2.82. The second-order valence-corrected chi connectivity index (χ2v) is 3.08. The van der Waals surface area contributed by atoms with Crippen LogP contribution >= 0.6 is 0 Å². The van der Waals surface area contributed by atoms with Crippen molar-refractivity contribution < 1.29 is 26.7 Å². The molecule has 1 rings (SSSR count). The molecular formula is C9H9F5N2O. The summed E-state index contributed by atoms with van der Waals surface area (Å²) in [6, 6.07) is 0.318. The van der Waals surface area contributed by atoms with Gasteiger partial charge in [-0.1, -0.05) is 0 Å². The first-order chi connectivity index (χ1) is 7.81. The van der Waals surface area contributed by atoms with Crippen LogP contribution in [0.3, 0.4) is 0 Å². The summed E-state index contributed by atoms with van der Waals surface area (Å²) in [7, 11) is 1.04. The van der Waals surface area contributed by atoms with Crippen LogP contribution in [0.15, 0.2) is 6.07 Å². The van der Waals surface area contributed by atoms with Crippen LogP contribution in [0, 0.1) is 0 Å². The van der Waals surface area contributed by atoms with Gasteiger partial charge in [0.15, 0.2) is 0 Å². The van der Waals surface area contributed by atoms with E-state index in [1.54, 1.807) is 0 Å². The molecule has 0 amide bonds. The van der Waals surface area contributed by atoms with Crippen molar-refractivity contribution in [1.29, 1.82) is 0 Å². The highest BCUT2D eigenvalue weighted by molar-refractivity contribution is 5.37. The van der Waals surface area contributed by atoms with Crippen molar-refractivity contribution in [2.24, 2.45) is 5.73 Å². The number of methoxy groups -OCH3 is 1. The van der Waals surface area contributed by atoms with E-state index < -0.39 is 41.8 Å². The molecule has 1 aromatic heterocycles. The van der Waals surface area contributed by atoms with Gasteiger partial charge in [0.05, 0.1) is 23.9 Å². The number of nitrogens with zero attached hydrogens (tertiary/aromatic N) is 1. The van der Waals surface area contributed by atoms with Gasteiger partial charge in [-0.15, -0.1) is 0 Å². The highest BCUT2D eigenvalue weighted by Gasteiger charge is 2.36. The monoisotopic (exact) mass is 256 g/mol. The van der Waals surface area contributed by atoms with Gasteiger partial charge in [-0.05, 0) is 6.07 Å². The van der Waals surface area contributed by atoms with Crippen LogP contribution in [-0.2, 0) is 12.7 Å². The summed E-state index contributed by atoms with van der Waals surface area (Å²) >= 11 is 0. The molecule has 1 aromatic rings. The normalized spacial score (nSPS) is 12.0. The van der Waals surface area contributed by atoms with Crippen molar-refractivity contribution in [3.8, 4) is 5.88 Å². The van der Waals surface area contributed by atoms with Crippen LogP contribution in [0.5, 0.6) is 5.88 Å². The largest absolute Gasteiger partial charge is 0.481 e. The van der Waals surface area contributed by atoms with Crippen LogP contribution in [0.1, 0.15) is 23.2 Å². The molecule has 0 aliphatic carbocycles. The summed E-state index contributed by atoms with van der Waals surface area (Å²) in [5.74, 6) is -0.548. The molecule has 0 aliphatic heterocycles. The van der Waals surface area contributed by atoms with Gasteiger partial charge < -0.3 is 10.5 Å². The number of ether oxygens (including phenoxy) is 1. The van der Waals surface area contributed by atoms with Crippen molar-refractivity contribution >= 4 is 0 Å². The second kappa shape index (κ2) is 4.82. The predicted octanol–water partition coefficient (Wildman–Crippen LogP) is 2.51. The fraction of sp³-hybridized carbons (Fsp3) is 0.444. The van der Waals surface area contributed by atoms with E-state index in [0.717, 1.165) is 7.11 Å². The van der Waals surface area contributed by atoms with E-state index in [1.807, 2.05) is 0 Å². The Morgan fingerprint density at radius 2 is 2.00 bits per heavy atom. The topological polar surface area (TPSA) is 48.1 Å². The van der Waals surface area contributed by atoms with E-state index in [0.29, 0.717) is 6.07 Å². The smallest absolute Gasteiger partial charge is 0.418 e. The molecule has 17 heavy (non-hydrogen) atoms. The predicted molar refractivity (Wildman–Crippen MR) is 48.6 cm³/mol. The van der Waals surface area contributed by atoms with Crippen LogP contribution in [0.4, 0.5) is 22.0 Å². The number of hydrogen-bond acceptors (Lipinski definition) is 3. The van der Waals surface area contributed by atoms with Gasteiger partial charge in [0.2, 0.25) is 5.88 Å². The average molecular weight is 256 g/mol. The zero-order chi connectivity index (χ0) is 13.2. The van der Waals surface area contributed by atoms with Crippen LogP contribution in [-0.4, -0.2) is 12.1 Å². The number of pyridine rings is 1. The van der Waals surface area contributed by atoms with Gasteiger partial charge in [-0.3, -0.25) is 0 Å². The molecule has 0 saturated carbocycles. The lowest BCUT2D eigenvalue weighted by Gasteiger charge is -2.15. The number of rotatable bonds is 3. The molecule has 8 heteroatoms. The Morgan fingerprint density at radius 1 is 1.41 bits per heavy atom. The maximum absolute atomic E-state index is 12.5. The standard InChI is InChI=1S/C9H9F5N2O/c1-17-8-4(7(10)11)2-5(9(12,13)14)6(3-15)16-8/h2,7H,3,15H2,1H3. The molecule has 0 fully saturated rings. The fourth-order valence-electron chi connectivity index (χ4n) is 1.27. The summed E-state index contributed by atoms with van der Waals surface area (Å²) in [4.78, 5) is 3.35. The van der Waals surface area contributed by atoms with Crippen molar-refractivity contribution in [2.45, 2.75) is 19.1 Å². The molecular weight excluding hydrogens is 247 g/mol. The molecule has 96 valence electrons. The molecule has 0 radical (unpaired) electrons. The molecule has 0 aromatic carbocycles. The number of nitrogens with two attached hydrogens (primary N) is 1. The molecule has 0 bridgehead atoms. The second-order valence-electron chi connectivity index (χ2n) is 3.08. The number of hydrogen-bond donors (Lipinski definition) is 1. The molecule has 2 N–H and O–H groups in total. The molecule has 1 heterocycles. The van der Waals surface area contributed by atoms with Crippen LogP contribution in [0.25, 0.3) is 0 Å². The molecule has 0 spiro atoms. The van der Waals surface area contributed by atoms with Crippen molar-refractivity contribution in [2.75, 3.05) is 7.11 Å². The molecule has 0 saturated heterocycles. The van der Waals surface area contributed by atoms with Crippen molar-refractivity contribution in [3.63, 3.8) is 0 Å². The first kappa shape index (κ1) is 13.6. The van der Waals surface area contributed by atoms with Gasteiger partial charge in [0, 0.05) is 6.54 Å². The van der Waals surface area contributed by atoms with Gasteiger partial charge in [-0.2, -0.15) is 13.2 Å². The third-order valence-corrected chi connectivity index (χ3v) is 2.02. The quantitative estimate of drug-likeness (QED) is 0.845. The maximum Gasteiger partial charge on any atom is 0.418 e. The van der Waals surface area contributed by atoms with E-state index in [4.69, 9.17) is 5.73 Å². The minimum Gasteiger partial charge on any atom is -0.481 e. The first-order valence-electron chi connectivity index (χ1n) is 4.44. The molecule has 0 unspecified atom stereocenters. The van der Waals surface area contributed by atoms with Gasteiger partial charge >= 0.3 is 6.18 Å². The Bertz CT molecular complexity index is 405. The maximum atomic E-state index is 12.5.